The van der Waals surface area contributed by atoms with E-state index in [0.717, 1.165) is 86.5 Å². The van der Waals surface area contributed by atoms with Crippen molar-refractivity contribution in [1.29, 1.82) is 0 Å². The Kier molecular flexibility index (Phi) is 10.9. The molecule has 1 atom stereocenters. The van der Waals surface area contributed by atoms with Crippen LogP contribution in [0.1, 0.15) is 88.0 Å². The van der Waals surface area contributed by atoms with Gasteiger partial charge in [-0.25, -0.2) is 4.85 Å². The van der Waals surface area contributed by atoms with Crippen molar-refractivity contribution >= 4 is 58.2 Å². The Hall–Kier alpha value is -5.45. The number of piperidine rings is 2. The van der Waals surface area contributed by atoms with Crippen molar-refractivity contribution in [2.75, 3.05) is 49.6 Å². The summed E-state index contributed by atoms with van der Waals surface area (Å²) in [5.41, 5.74) is 4.55. The first kappa shape index (κ1) is 38.4. The third-order valence-corrected chi connectivity index (χ3v) is 12.6. The molecular weight excluding hydrogens is 746 g/mol. The molecule has 2 saturated heterocycles. The van der Waals surface area contributed by atoms with E-state index in [1.807, 2.05) is 36.4 Å². The molecule has 3 fully saturated rings. The Morgan fingerprint density at radius 2 is 1.65 bits per heavy atom. The third kappa shape index (κ3) is 7.93. The second kappa shape index (κ2) is 16.2. The number of rotatable bonds is 8. The van der Waals surface area contributed by atoms with Crippen molar-refractivity contribution in [1.82, 2.24) is 20.4 Å². The lowest BCUT2D eigenvalue weighted by Gasteiger charge is -2.36. The van der Waals surface area contributed by atoms with Crippen LogP contribution in [0.2, 0.25) is 5.02 Å². The van der Waals surface area contributed by atoms with Crippen LogP contribution in [0.3, 0.4) is 0 Å². The van der Waals surface area contributed by atoms with Gasteiger partial charge in [-0.2, -0.15) is 0 Å². The van der Waals surface area contributed by atoms with Gasteiger partial charge in [-0.3, -0.25) is 39.1 Å². The number of anilines is 2. The minimum atomic E-state index is -1.00. The van der Waals surface area contributed by atoms with Crippen LogP contribution < -0.4 is 25.2 Å². The molecule has 0 bridgehead atoms. The van der Waals surface area contributed by atoms with Crippen LogP contribution in [-0.2, 0) is 16.1 Å². The normalized spacial score (nSPS) is 22.9. The predicted octanol–water partition coefficient (Wildman–Crippen LogP) is 5.58. The van der Waals surface area contributed by atoms with Crippen molar-refractivity contribution in [3.05, 3.63) is 93.3 Å². The molecule has 57 heavy (non-hydrogen) atoms. The monoisotopic (exact) mass is 791 g/mol. The molecule has 13 nitrogen and oxygen atoms in total. The number of ether oxygens (including phenoxy) is 1. The van der Waals surface area contributed by atoms with Crippen LogP contribution in [0.4, 0.5) is 17.1 Å². The molecule has 2 N–H and O–H groups in total. The number of carbonyl (C=O) groups is 5. The maximum absolute atomic E-state index is 13.4. The summed E-state index contributed by atoms with van der Waals surface area (Å²) in [4.78, 5) is 75.5. The van der Waals surface area contributed by atoms with Crippen LogP contribution in [-0.4, -0.2) is 97.3 Å². The molecule has 1 saturated carbocycles. The van der Waals surface area contributed by atoms with E-state index in [4.69, 9.17) is 22.9 Å². The maximum atomic E-state index is 13.4. The van der Waals surface area contributed by atoms with Crippen molar-refractivity contribution < 1.29 is 28.7 Å². The topological polar surface area (TPSA) is 136 Å². The van der Waals surface area contributed by atoms with E-state index in [1.54, 1.807) is 18.2 Å². The summed E-state index contributed by atoms with van der Waals surface area (Å²) < 4.78 is 6.08. The molecule has 4 aliphatic heterocycles. The molecule has 3 aromatic carbocycles. The van der Waals surface area contributed by atoms with E-state index < -0.39 is 29.7 Å². The smallest absolute Gasteiger partial charge is 0.262 e. The second-order valence-corrected chi connectivity index (χ2v) is 16.3. The van der Waals surface area contributed by atoms with Gasteiger partial charge in [-0.05, 0) is 99.4 Å². The SMILES string of the molecule is [C-]#[N+]c1ccc(N(C)C2CCC(NC(=O)c3ccc(N4CCC(CN5CCOc6cc7c(cc6C5)C(=O)N(C5CCC(=O)NC5=O)C7=O)CC4)cc3)CC2)cc1Cl. The van der Waals surface area contributed by atoms with Gasteiger partial charge in [0.25, 0.3) is 17.7 Å². The van der Waals surface area contributed by atoms with Gasteiger partial charge < -0.3 is 19.9 Å². The van der Waals surface area contributed by atoms with Crippen LogP contribution in [0.25, 0.3) is 4.85 Å². The Balaban J connectivity index is 0.802. The molecule has 1 unspecified atom stereocenters. The zero-order valence-corrected chi connectivity index (χ0v) is 32.7. The van der Waals surface area contributed by atoms with E-state index in [1.165, 1.54) is 0 Å². The molecule has 4 heterocycles. The fourth-order valence-corrected chi connectivity index (χ4v) is 9.23. The lowest BCUT2D eigenvalue weighted by atomic mass is 9.90. The molecule has 8 rings (SSSR count). The summed E-state index contributed by atoms with van der Waals surface area (Å²) in [6.45, 7) is 11.7. The molecule has 5 amide bonds. The summed E-state index contributed by atoms with van der Waals surface area (Å²) in [6, 6.07) is 16.3. The van der Waals surface area contributed by atoms with Gasteiger partial charge >= 0.3 is 0 Å². The first-order valence-electron chi connectivity index (χ1n) is 19.9. The third-order valence-electron chi connectivity index (χ3n) is 12.3. The molecule has 0 radical (unpaired) electrons. The molecule has 3 aromatic rings. The molecule has 5 aliphatic rings. The minimum absolute atomic E-state index is 0.0471. The van der Waals surface area contributed by atoms with Gasteiger partial charge in [-0.15, -0.1) is 0 Å². The molecule has 14 heteroatoms. The number of halogens is 1. The number of nitrogens with one attached hydrogen (secondary N) is 2. The van der Waals surface area contributed by atoms with Crippen molar-refractivity contribution in [2.45, 2.75) is 76.0 Å². The average Bonchev–Trinajstić information content (AvgIpc) is 3.32. The van der Waals surface area contributed by atoms with Crippen molar-refractivity contribution in [2.24, 2.45) is 5.92 Å². The highest BCUT2D eigenvalue weighted by molar-refractivity contribution is 6.33. The van der Waals surface area contributed by atoms with Gasteiger partial charge in [0.1, 0.15) is 18.4 Å². The lowest BCUT2D eigenvalue weighted by molar-refractivity contribution is -0.136. The Bertz CT molecular complexity index is 2140. The summed E-state index contributed by atoms with van der Waals surface area (Å²) in [5.74, 6) is -1.06. The molecule has 0 aromatic heterocycles. The Labute approximate surface area is 337 Å². The van der Waals surface area contributed by atoms with E-state index in [0.29, 0.717) is 47.1 Å². The Morgan fingerprint density at radius 1 is 0.930 bits per heavy atom. The van der Waals surface area contributed by atoms with E-state index in [-0.39, 0.29) is 35.9 Å². The maximum Gasteiger partial charge on any atom is 0.262 e. The van der Waals surface area contributed by atoms with E-state index in [9.17, 15) is 24.0 Å². The molecule has 1 aliphatic carbocycles. The highest BCUT2D eigenvalue weighted by Crippen LogP contribution is 2.36. The summed E-state index contributed by atoms with van der Waals surface area (Å²) in [7, 11) is 2.06. The quantitative estimate of drug-likeness (QED) is 0.222. The zero-order chi connectivity index (χ0) is 39.8. The standard InChI is InChI=1S/C43H46ClN7O6/c1-45-36-12-11-32(22-35(36)44)48(2)30-9-5-29(6-10-30)46-40(53)27-3-7-31(8-4-27)50-17-15-26(16-18-50)24-49-19-20-57-38-23-34-33(21-28(38)25-49)42(55)51(43(34)56)37-13-14-39(52)47-41(37)54/h3-4,7-8,11-12,21-23,26,29-30,37H,5-6,9-10,13-20,24-25H2,2H3,(H,46,53)(H,47,52,54). The first-order valence-corrected chi connectivity index (χ1v) is 20.2. The largest absolute Gasteiger partial charge is 0.492 e. The predicted molar refractivity (Wildman–Crippen MR) is 215 cm³/mol. The number of benzene rings is 3. The van der Waals surface area contributed by atoms with Gasteiger partial charge in [0, 0.05) is 85.8 Å². The van der Waals surface area contributed by atoms with E-state index >= 15 is 0 Å². The number of hydrogen-bond acceptors (Lipinski definition) is 9. The van der Waals surface area contributed by atoms with Crippen LogP contribution in [0, 0.1) is 12.5 Å². The van der Waals surface area contributed by atoms with E-state index in [2.05, 4.69) is 37.2 Å². The number of imide groups is 2. The molecular formula is C43H46ClN7O6. The Morgan fingerprint density at radius 3 is 2.33 bits per heavy atom. The lowest BCUT2D eigenvalue weighted by Crippen LogP contribution is -2.54. The van der Waals surface area contributed by atoms with Crippen LogP contribution >= 0.6 is 11.6 Å². The summed E-state index contributed by atoms with van der Waals surface area (Å²) >= 11 is 6.28. The van der Waals surface area contributed by atoms with Crippen molar-refractivity contribution in [3.8, 4) is 5.75 Å². The highest BCUT2D eigenvalue weighted by atomic mass is 35.5. The highest BCUT2D eigenvalue weighted by Gasteiger charge is 2.45. The number of amides is 5. The number of hydrogen-bond donors (Lipinski definition) is 2. The van der Waals surface area contributed by atoms with Gasteiger partial charge in [0.05, 0.1) is 17.7 Å². The summed E-state index contributed by atoms with van der Waals surface area (Å²) in [5, 5.41) is 5.96. The second-order valence-electron chi connectivity index (χ2n) is 15.9. The number of carbonyl (C=O) groups excluding carboxylic acids is 5. The average molecular weight is 792 g/mol. The van der Waals surface area contributed by atoms with Crippen LogP contribution in [0.5, 0.6) is 5.75 Å². The van der Waals surface area contributed by atoms with Gasteiger partial charge in [-0.1, -0.05) is 17.7 Å². The van der Waals surface area contributed by atoms with Gasteiger partial charge in [0.2, 0.25) is 17.5 Å². The minimum Gasteiger partial charge on any atom is -0.492 e. The molecule has 0 spiro atoms. The fourth-order valence-electron chi connectivity index (χ4n) is 9.02. The first-order chi connectivity index (χ1) is 27.6. The number of fused-ring (bicyclic) bond motifs is 2. The molecule has 296 valence electrons. The van der Waals surface area contributed by atoms with Crippen molar-refractivity contribution in [3.63, 3.8) is 0 Å². The fraction of sp³-hybridized carbons (Fsp3) is 0.442. The number of nitrogens with zero attached hydrogens (tertiary/aromatic N) is 5. The van der Waals surface area contributed by atoms with Crippen LogP contribution in [0.15, 0.2) is 54.6 Å². The van der Waals surface area contributed by atoms with Gasteiger partial charge in [0.15, 0.2) is 0 Å². The summed E-state index contributed by atoms with van der Waals surface area (Å²) in [6.07, 6.45) is 5.92. The zero-order valence-electron chi connectivity index (χ0n) is 32.0.